The van der Waals surface area contributed by atoms with E-state index >= 15 is 0 Å². The van der Waals surface area contributed by atoms with Crippen molar-refractivity contribution in [3.63, 3.8) is 0 Å². The van der Waals surface area contributed by atoms with Gasteiger partial charge >= 0.3 is 11.9 Å². The molecule has 16 heavy (non-hydrogen) atoms. The minimum absolute atomic E-state index is 0.0566. The molecule has 2 aliphatic heterocycles. The minimum atomic E-state index is -1.31. The molecule has 0 spiro atoms. The van der Waals surface area contributed by atoms with Gasteiger partial charge in [0, 0.05) is 19.8 Å². The van der Waals surface area contributed by atoms with Crippen molar-refractivity contribution in [3.8, 4) is 0 Å². The second kappa shape index (κ2) is 3.86. The van der Waals surface area contributed by atoms with Gasteiger partial charge in [0.25, 0.3) is 5.79 Å². The van der Waals surface area contributed by atoms with E-state index in [1.165, 1.54) is 6.92 Å². The van der Waals surface area contributed by atoms with Gasteiger partial charge in [-0.25, -0.2) is 0 Å². The Bertz CT molecular complexity index is 327. The lowest BCUT2D eigenvalue weighted by atomic mass is 10.1. The van der Waals surface area contributed by atoms with Crippen molar-refractivity contribution in [3.05, 3.63) is 0 Å². The number of epoxide rings is 1. The number of esters is 2. The van der Waals surface area contributed by atoms with Gasteiger partial charge in [0.15, 0.2) is 5.78 Å². The fraction of sp³-hybridized carbons (Fsp3) is 0.700. The van der Waals surface area contributed by atoms with Crippen LogP contribution in [0.2, 0.25) is 0 Å². The maximum Gasteiger partial charge on any atom is 0.320 e. The molecule has 0 saturated carbocycles. The molecule has 0 aromatic carbocycles. The topological polar surface area (TPSA) is 82.2 Å². The summed E-state index contributed by atoms with van der Waals surface area (Å²) < 4.78 is 14.7. The van der Waals surface area contributed by atoms with Gasteiger partial charge in [-0.3, -0.25) is 14.4 Å². The van der Waals surface area contributed by atoms with Crippen molar-refractivity contribution in [2.75, 3.05) is 6.61 Å². The lowest BCUT2D eigenvalue weighted by Crippen LogP contribution is -2.43. The summed E-state index contributed by atoms with van der Waals surface area (Å²) in [5.74, 6) is -2.60. The fourth-order valence-electron chi connectivity index (χ4n) is 1.54. The number of rotatable bonds is 4. The van der Waals surface area contributed by atoms with Crippen molar-refractivity contribution < 1.29 is 28.6 Å². The Labute approximate surface area is 91.8 Å². The average Bonchev–Trinajstić information content (AvgIpc) is 2.95. The molecule has 0 amide bonds. The maximum absolute atomic E-state index is 11.3. The first kappa shape index (κ1) is 11.1. The number of Topliss-reactive ketones (excluding diaryl/α,β-unsaturated/α-hetero) is 1. The highest BCUT2D eigenvalue weighted by Gasteiger charge is 2.40. The highest BCUT2D eigenvalue weighted by molar-refractivity contribution is 5.93. The molecular formula is C10H12O6. The Morgan fingerprint density at radius 2 is 1.94 bits per heavy atom. The SMILES string of the molecule is CC1(CCC(=O)C2CO2)OC(=O)CC(=O)O1. The summed E-state index contributed by atoms with van der Waals surface area (Å²) in [5, 5.41) is 0. The zero-order valence-electron chi connectivity index (χ0n) is 8.86. The molecular weight excluding hydrogens is 216 g/mol. The first-order chi connectivity index (χ1) is 7.48. The molecule has 0 aromatic heterocycles. The molecule has 6 nitrogen and oxygen atoms in total. The van der Waals surface area contributed by atoms with Crippen LogP contribution in [0.25, 0.3) is 0 Å². The maximum atomic E-state index is 11.3. The standard InChI is InChI=1S/C10H12O6/c1-10(3-2-6(11)7-5-14-7)15-8(12)4-9(13)16-10/h7H,2-5H2,1H3. The van der Waals surface area contributed by atoms with Crippen molar-refractivity contribution in [2.45, 2.75) is 38.1 Å². The molecule has 1 unspecified atom stereocenters. The highest BCUT2D eigenvalue weighted by Crippen LogP contribution is 2.26. The summed E-state index contributed by atoms with van der Waals surface area (Å²) in [6.07, 6.45) is -0.348. The second-order valence-electron chi connectivity index (χ2n) is 4.05. The third-order valence-electron chi connectivity index (χ3n) is 2.47. The predicted molar refractivity (Wildman–Crippen MR) is 49.2 cm³/mol. The van der Waals surface area contributed by atoms with E-state index in [-0.39, 0.29) is 31.1 Å². The van der Waals surface area contributed by atoms with Gasteiger partial charge in [-0.05, 0) is 0 Å². The molecule has 1 atom stereocenters. The Kier molecular flexibility index (Phi) is 2.67. The molecule has 88 valence electrons. The monoisotopic (exact) mass is 228 g/mol. The van der Waals surface area contributed by atoms with Crippen LogP contribution >= 0.6 is 0 Å². The van der Waals surface area contributed by atoms with Crippen LogP contribution in [0.4, 0.5) is 0 Å². The van der Waals surface area contributed by atoms with Crippen LogP contribution in [-0.4, -0.2) is 36.2 Å². The molecule has 0 N–H and O–H groups in total. The Hall–Kier alpha value is -1.43. The molecule has 0 aromatic rings. The van der Waals surface area contributed by atoms with Gasteiger partial charge in [-0.1, -0.05) is 0 Å². The van der Waals surface area contributed by atoms with E-state index in [1.54, 1.807) is 0 Å². The lowest BCUT2D eigenvalue weighted by Gasteiger charge is -2.32. The lowest BCUT2D eigenvalue weighted by molar-refractivity contribution is -0.239. The number of hydrogen-bond donors (Lipinski definition) is 0. The van der Waals surface area contributed by atoms with Crippen LogP contribution in [0.3, 0.4) is 0 Å². The van der Waals surface area contributed by atoms with E-state index in [9.17, 15) is 14.4 Å². The third kappa shape index (κ3) is 2.57. The summed E-state index contributed by atoms with van der Waals surface area (Å²) >= 11 is 0. The number of carbonyl (C=O) groups is 3. The molecule has 2 saturated heterocycles. The zero-order valence-corrected chi connectivity index (χ0v) is 8.86. The predicted octanol–water partition coefficient (Wildman–Crippen LogP) is -0.0592. The molecule has 0 radical (unpaired) electrons. The smallest absolute Gasteiger partial charge is 0.320 e. The number of hydrogen-bond acceptors (Lipinski definition) is 6. The van der Waals surface area contributed by atoms with E-state index in [1.807, 2.05) is 0 Å². The summed E-state index contributed by atoms with van der Waals surface area (Å²) in [4.78, 5) is 33.4. The Morgan fingerprint density at radius 3 is 2.44 bits per heavy atom. The van der Waals surface area contributed by atoms with Gasteiger partial charge in [0.2, 0.25) is 0 Å². The van der Waals surface area contributed by atoms with Crippen LogP contribution in [0, 0.1) is 0 Å². The number of ketones is 1. The van der Waals surface area contributed by atoms with Crippen molar-refractivity contribution in [1.29, 1.82) is 0 Å². The van der Waals surface area contributed by atoms with E-state index in [4.69, 9.17) is 14.2 Å². The molecule has 2 heterocycles. The largest absolute Gasteiger partial charge is 0.422 e. The van der Waals surface area contributed by atoms with E-state index in [0.717, 1.165) is 0 Å². The third-order valence-corrected chi connectivity index (χ3v) is 2.47. The Morgan fingerprint density at radius 1 is 1.38 bits per heavy atom. The van der Waals surface area contributed by atoms with E-state index in [0.29, 0.717) is 6.61 Å². The van der Waals surface area contributed by atoms with Crippen LogP contribution in [0.5, 0.6) is 0 Å². The fourth-order valence-corrected chi connectivity index (χ4v) is 1.54. The number of cyclic esters (lactones) is 2. The molecule has 6 heteroatoms. The normalized spacial score (nSPS) is 26.9. The summed E-state index contributed by atoms with van der Waals surface area (Å²) in [6, 6.07) is 0. The van der Waals surface area contributed by atoms with Crippen LogP contribution in [0.1, 0.15) is 26.2 Å². The van der Waals surface area contributed by atoms with Gasteiger partial charge in [0.1, 0.15) is 12.5 Å². The van der Waals surface area contributed by atoms with Crippen molar-refractivity contribution in [2.24, 2.45) is 0 Å². The van der Waals surface area contributed by atoms with Crippen LogP contribution < -0.4 is 0 Å². The van der Waals surface area contributed by atoms with Gasteiger partial charge < -0.3 is 14.2 Å². The molecule has 0 aliphatic carbocycles. The van der Waals surface area contributed by atoms with Crippen molar-refractivity contribution in [1.82, 2.24) is 0 Å². The zero-order chi connectivity index (χ0) is 11.8. The quantitative estimate of drug-likeness (QED) is 0.381. The van der Waals surface area contributed by atoms with Gasteiger partial charge in [0.05, 0.1) is 6.61 Å². The first-order valence-corrected chi connectivity index (χ1v) is 5.06. The van der Waals surface area contributed by atoms with Gasteiger partial charge in [-0.2, -0.15) is 0 Å². The van der Waals surface area contributed by atoms with Crippen LogP contribution in [0.15, 0.2) is 0 Å². The van der Waals surface area contributed by atoms with Crippen molar-refractivity contribution >= 4 is 17.7 Å². The van der Waals surface area contributed by atoms with Crippen LogP contribution in [-0.2, 0) is 28.6 Å². The second-order valence-corrected chi connectivity index (χ2v) is 4.05. The summed E-state index contributed by atoms with van der Waals surface area (Å²) in [5.41, 5.74) is 0. The van der Waals surface area contributed by atoms with E-state index in [2.05, 4.69) is 0 Å². The molecule has 2 fully saturated rings. The minimum Gasteiger partial charge on any atom is -0.422 e. The summed E-state index contributed by atoms with van der Waals surface area (Å²) in [7, 11) is 0. The molecule has 2 aliphatic rings. The molecule has 2 rings (SSSR count). The highest BCUT2D eigenvalue weighted by atomic mass is 16.7. The van der Waals surface area contributed by atoms with Gasteiger partial charge in [-0.15, -0.1) is 0 Å². The number of ether oxygens (including phenoxy) is 3. The average molecular weight is 228 g/mol. The summed E-state index contributed by atoms with van der Waals surface area (Å²) in [6.45, 7) is 1.93. The first-order valence-electron chi connectivity index (χ1n) is 5.06. The molecule has 0 bridgehead atoms. The Balaban J connectivity index is 1.88. The number of carbonyl (C=O) groups excluding carboxylic acids is 3. The van der Waals surface area contributed by atoms with E-state index < -0.39 is 17.7 Å².